The standard InChI is InChI=1S/C20H23N3O3S/c1-3-13-25-17-11-7-16(8-12-17)19(24)26-18-9-5-15(6-10-18)14-22-23-20(27)21-4-2/h5-12,14H,3-4,13H2,1-2H3,(H2,21,23,27)/b22-14-. The summed E-state index contributed by atoms with van der Waals surface area (Å²) in [6.45, 7) is 5.37. The molecule has 0 heterocycles. The Morgan fingerprint density at radius 3 is 2.37 bits per heavy atom. The number of carbonyl (C=O) groups excluding carboxylic acids is 1. The van der Waals surface area contributed by atoms with Gasteiger partial charge in [0, 0.05) is 6.54 Å². The molecule has 0 aromatic heterocycles. The molecule has 0 saturated carbocycles. The number of hydrazone groups is 1. The number of nitrogens with one attached hydrogen (secondary N) is 2. The molecule has 0 aliphatic carbocycles. The predicted molar refractivity (Wildman–Crippen MR) is 111 cm³/mol. The Bertz CT molecular complexity index is 774. The van der Waals surface area contributed by atoms with Crippen molar-refractivity contribution in [3.8, 4) is 11.5 Å². The lowest BCUT2D eigenvalue weighted by molar-refractivity contribution is 0.0734. The smallest absolute Gasteiger partial charge is 0.343 e. The van der Waals surface area contributed by atoms with Crippen molar-refractivity contribution in [1.82, 2.24) is 10.7 Å². The highest BCUT2D eigenvalue weighted by atomic mass is 32.1. The van der Waals surface area contributed by atoms with Crippen LogP contribution >= 0.6 is 12.2 Å². The first kappa shape index (κ1) is 20.4. The van der Waals surface area contributed by atoms with E-state index in [4.69, 9.17) is 21.7 Å². The molecule has 2 aromatic carbocycles. The van der Waals surface area contributed by atoms with E-state index in [9.17, 15) is 4.79 Å². The monoisotopic (exact) mass is 385 g/mol. The summed E-state index contributed by atoms with van der Waals surface area (Å²) in [5.41, 5.74) is 4.02. The Morgan fingerprint density at radius 1 is 1.07 bits per heavy atom. The third kappa shape index (κ3) is 7.07. The maximum absolute atomic E-state index is 12.2. The molecule has 27 heavy (non-hydrogen) atoms. The first-order chi connectivity index (χ1) is 13.1. The average Bonchev–Trinajstić information content (AvgIpc) is 2.68. The van der Waals surface area contributed by atoms with Crippen LogP contribution in [-0.2, 0) is 0 Å². The van der Waals surface area contributed by atoms with Crippen molar-refractivity contribution in [2.75, 3.05) is 13.2 Å². The normalized spacial score (nSPS) is 10.4. The third-order valence-electron chi connectivity index (χ3n) is 3.37. The Balaban J connectivity index is 1.89. The molecule has 0 fully saturated rings. The van der Waals surface area contributed by atoms with E-state index in [0.717, 1.165) is 24.3 Å². The molecule has 0 radical (unpaired) electrons. The lowest BCUT2D eigenvalue weighted by Crippen LogP contribution is -2.31. The van der Waals surface area contributed by atoms with Crippen LogP contribution in [0.4, 0.5) is 0 Å². The topological polar surface area (TPSA) is 72.0 Å². The largest absolute Gasteiger partial charge is 0.494 e. The number of carbonyl (C=O) groups is 1. The van der Waals surface area contributed by atoms with Gasteiger partial charge in [0.15, 0.2) is 5.11 Å². The molecule has 0 spiro atoms. The van der Waals surface area contributed by atoms with Crippen LogP contribution in [0.5, 0.6) is 11.5 Å². The average molecular weight is 385 g/mol. The molecule has 2 N–H and O–H groups in total. The zero-order valence-corrected chi connectivity index (χ0v) is 16.2. The molecule has 0 unspecified atom stereocenters. The van der Waals surface area contributed by atoms with Crippen LogP contribution in [0.25, 0.3) is 0 Å². The number of nitrogens with zero attached hydrogens (tertiary/aromatic N) is 1. The maximum atomic E-state index is 12.2. The maximum Gasteiger partial charge on any atom is 0.343 e. The molecule has 2 rings (SSSR count). The lowest BCUT2D eigenvalue weighted by Gasteiger charge is -2.07. The third-order valence-corrected chi connectivity index (χ3v) is 3.61. The SMILES string of the molecule is CCCOc1ccc(C(=O)Oc2ccc(/C=N\NC(=S)NCC)cc2)cc1. The Labute approximate surface area is 164 Å². The van der Waals surface area contributed by atoms with E-state index in [-0.39, 0.29) is 0 Å². The van der Waals surface area contributed by atoms with Gasteiger partial charge in [0.05, 0.1) is 18.4 Å². The summed E-state index contributed by atoms with van der Waals surface area (Å²) >= 11 is 5.01. The highest BCUT2D eigenvalue weighted by Crippen LogP contribution is 2.16. The van der Waals surface area contributed by atoms with E-state index in [1.54, 1.807) is 54.7 Å². The van der Waals surface area contributed by atoms with Gasteiger partial charge < -0.3 is 14.8 Å². The summed E-state index contributed by atoms with van der Waals surface area (Å²) in [6.07, 6.45) is 2.56. The molecule has 0 bridgehead atoms. The van der Waals surface area contributed by atoms with Crippen molar-refractivity contribution in [2.24, 2.45) is 5.10 Å². The zero-order chi connectivity index (χ0) is 19.5. The first-order valence-electron chi connectivity index (χ1n) is 8.74. The van der Waals surface area contributed by atoms with Crippen LogP contribution in [0.1, 0.15) is 36.2 Å². The van der Waals surface area contributed by atoms with E-state index in [0.29, 0.717) is 23.0 Å². The number of thiocarbonyl (C=S) groups is 1. The Kier molecular flexibility index (Phi) is 8.25. The summed E-state index contributed by atoms with van der Waals surface area (Å²) in [4.78, 5) is 12.2. The van der Waals surface area contributed by atoms with Gasteiger partial charge in [0.2, 0.25) is 0 Å². The highest BCUT2D eigenvalue weighted by molar-refractivity contribution is 7.80. The van der Waals surface area contributed by atoms with Crippen LogP contribution in [0.2, 0.25) is 0 Å². The lowest BCUT2D eigenvalue weighted by atomic mass is 10.2. The quantitative estimate of drug-likeness (QED) is 0.238. The molecule has 2 aromatic rings. The van der Waals surface area contributed by atoms with Crippen LogP contribution < -0.4 is 20.2 Å². The summed E-state index contributed by atoms with van der Waals surface area (Å²) in [5.74, 6) is 0.773. The molecule has 0 atom stereocenters. The van der Waals surface area contributed by atoms with Gasteiger partial charge in [-0.3, -0.25) is 5.43 Å². The van der Waals surface area contributed by atoms with Gasteiger partial charge in [-0.1, -0.05) is 6.92 Å². The summed E-state index contributed by atoms with van der Waals surface area (Å²) in [6, 6.07) is 13.9. The minimum atomic E-state index is -0.420. The van der Waals surface area contributed by atoms with Gasteiger partial charge >= 0.3 is 5.97 Å². The molecule has 142 valence electrons. The van der Waals surface area contributed by atoms with Gasteiger partial charge in [0.1, 0.15) is 11.5 Å². The van der Waals surface area contributed by atoms with Crippen LogP contribution in [-0.4, -0.2) is 30.4 Å². The molecule has 0 aliphatic rings. The van der Waals surface area contributed by atoms with E-state index in [2.05, 4.69) is 15.8 Å². The van der Waals surface area contributed by atoms with Crippen molar-refractivity contribution < 1.29 is 14.3 Å². The van der Waals surface area contributed by atoms with Crippen molar-refractivity contribution >= 4 is 29.5 Å². The van der Waals surface area contributed by atoms with Crippen molar-refractivity contribution in [3.05, 3.63) is 59.7 Å². The minimum absolute atomic E-state index is 0.420. The van der Waals surface area contributed by atoms with Gasteiger partial charge in [-0.2, -0.15) is 5.10 Å². The second-order valence-corrected chi connectivity index (χ2v) is 5.97. The van der Waals surface area contributed by atoms with E-state index in [1.807, 2.05) is 13.8 Å². The fourth-order valence-corrected chi connectivity index (χ4v) is 2.26. The minimum Gasteiger partial charge on any atom is -0.494 e. The zero-order valence-electron chi connectivity index (χ0n) is 15.4. The molecule has 7 heteroatoms. The van der Waals surface area contributed by atoms with E-state index < -0.39 is 5.97 Å². The second-order valence-electron chi connectivity index (χ2n) is 5.56. The molecule has 0 saturated heterocycles. The first-order valence-corrected chi connectivity index (χ1v) is 9.15. The van der Waals surface area contributed by atoms with Crippen molar-refractivity contribution in [1.29, 1.82) is 0 Å². The van der Waals surface area contributed by atoms with Crippen LogP contribution in [0, 0.1) is 0 Å². The van der Waals surface area contributed by atoms with Crippen molar-refractivity contribution in [2.45, 2.75) is 20.3 Å². The number of hydrogen-bond acceptors (Lipinski definition) is 5. The number of hydrogen-bond donors (Lipinski definition) is 2. The predicted octanol–water partition coefficient (Wildman–Crippen LogP) is 3.51. The van der Waals surface area contributed by atoms with Crippen LogP contribution in [0.15, 0.2) is 53.6 Å². The van der Waals surface area contributed by atoms with Gasteiger partial charge in [-0.25, -0.2) is 4.79 Å². The summed E-state index contributed by atoms with van der Waals surface area (Å²) in [5, 5.41) is 7.43. The molecular formula is C20H23N3O3S. The van der Waals surface area contributed by atoms with Gasteiger partial charge in [-0.15, -0.1) is 0 Å². The summed E-state index contributed by atoms with van der Waals surface area (Å²) < 4.78 is 10.9. The Morgan fingerprint density at radius 2 is 1.74 bits per heavy atom. The fourth-order valence-electron chi connectivity index (χ4n) is 2.06. The summed E-state index contributed by atoms with van der Waals surface area (Å²) in [7, 11) is 0. The molecule has 0 aliphatic heterocycles. The van der Waals surface area contributed by atoms with E-state index in [1.165, 1.54) is 0 Å². The van der Waals surface area contributed by atoms with Gasteiger partial charge in [-0.05, 0) is 79.7 Å². The number of benzene rings is 2. The molecular weight excluding hydrogens is 362 g/mol. The number of rotatable bonds is 8. The molecule has 6 nitrogen and oxygen atoms in total. The second kappa shape index (κ2) is 10.9. The van der Waals surface area contributed by atoms with Crippen molar-refractivity contribution in [3.63, 3.8) is 0 Å². The fraction of sp³-hybridized carbons (Fsp3) is 0.250. The number of ether oxygens (including phenoxy) is 2. The Hall–Kier alpha value is -2.93. The van der Waals surface area contributed by atoms with Gasteiger partial charge in [0.25, 0.3) is 0 Å². The molecule has 0 amide bonds. The highest BCUT2D eigenvalue weighted by Gasteiger charge is 2.08. The van der Waals surface area contributed by atoms with Crippen LogP contribution in [0.3, 0.4) is 0 Å². The number of esters is 1. The van der Waals surface area contributed by atoms with E-state index >= 15 is 0 Å².